The van der Waals surface area contributed by atoms with Crippen molar-refractivity contribution in [2.75, 3.05) is 13.2 Å². The summed E-state index contributed by atoms with van der Waals surface area (Å²) in [6.07, 6.45) is 0. The van der Waals surface area contributed by atoms with Crippen LogP contribution in [0.1, 0.15) is 38.1 Å². The van der Waals surface area contributed by atoms with Crippen molar-refractivity contribution < 1.29 is 19.1 Å². The molecular formula is C16H22O4. The number of Topliss-reactive ketones (excluding diaryl/α,β-unsaturated/α-hetero) is 1. The minimum atomic E-state index is -0.388. The summed E-state index contributed by atoms with van der Waals surface area (Å²) in [5, 5.41) is 0. The van der Waals surface area contributed by atoms with Gasteiger partial charge in [0.05, 0.1) is 6.61 Å². The van der Waals surface area contributed by atoms with Crippen LogP contribution in [0.3, 0.4) is 0 Å². The highest BCUT2D eigenvalue weighted by atomic mass is 16.6. The van der Waals surface area contributed by atoms with Gasteiger partial charge in [-0.2, -0.15) is 0 Å². The van der Waals surface area contributed by atoms with Gasteiger partial charge in [0.1, 0.15) is 5.75 Å². The third-order valence-corrected chi connectivity index (χ3v) is 2.60. The maximum absolute atomic E-state index is 11.8. The van der Waals surface area contributed by atoms with Crippen molar-refractivity contribution in [1.82, 2.24) is 0 Å². The molecule has 0 saturated carbocycles. The highest BCUT2D eigenvalue weighted by Crippen LogP contribution is 2.15. The van der Waals surface area contributed by atoms with Gasteiger partial charge in [-0.3, -0.25) is 4.79 Å². The van der Waals surface area contributed by atoms with Crippen molar-refractivity contribution >= 4 is 11.8 Å². The van der Waals surface area contributed by atoms with Gasteiger partial charge in [0, 0.05) is 11.5 Å². The van der Waals surface area contributed by atoms with E-state index in [2.05, 4.69) is 0 Å². The van der Waals surface area contributed by atoms with Crippen molar-refractivity contribution in [1.29, 1.82) is 0 Å². The van der Waals surface area contributed by atoms with Crippen molar-refractivity contribution in [2.24, 2.45) is 11.8 Å². The number of esters is 1. The van der Waals surface area contributed by atoms with Crippen LogP contribution < -0.4 is 4.74 Å². The van der Waals surface area contributed by atoms with Crippen LogP contribution in [0.4, 0.5) is 0 Å². The SMILES string of the molecule is CC(C)COC(=O)COc1ccc(C(=O)C(C)C)cc1. The van der Waals surface area contributed by atoms with Crippen molar-refractivity contribution in [3.8, 4) is 5.75 Å². The van der Waals surface area contributed by atoms with E-state index in [1.54, 1.807) is 24.3 Å². The number of hydrogen-bond acceptors (Lipinski definition) is 4. The largest absolute Gasteiger partial charge is 0.482 e. The first-order valence-electron chi connectivity index (χ1n) is 6.83. The fraction of sp³-hybridized carbons (Fsp3) is 0.500. The van der Waals surface area contributed by atoms with Crippen LogP contribution in [0.25, 0.3) is 0 Å². The van der Waals surface area contributed by atoms with E-state index < -0.39 is 0 Å². The molecule has 4 nitrogen and oxygen atoms in total. The second-order valence-electron chi connectivity index (χ2n) is 5.41. The van der Waals surface area contributed by atoms with Crippen LogP contribution in [-0.4, -0.2) is 25.0 Å². The number of carbonyl (C=O) groups is 2. The van der Waals surface area contributed by atoms with E-state index in [4.69, 9.17) is 9.47 Å². The number of ether oxygens (including phenoxy) is 2. The number of rotatable bonds is 7. The second-order valence-corrected chi connectivity index (χ2v) is 5.41. The Labute approximate surface area is 120 Å². The zero-order valence-corrected chi connectivity index (χ0v) is 12.5. The van der Waals surface area contributed by atoms with E-state index in [-0.39, 0.29) is 24.3 Å². The fourth-order valence-corrected chi connectivity index (χ4v) is 1.49. The van der Waals surface area contributed by atoms with Crippen molar-refractivity contribution in [3.05, 3.63) is 29.8 Å². The van der Waals surface area contributed by atoms with Crippen molar-refractivity contribution in [2.45, 2.75) is 27.7 Å². The molecule has 1 rings (SSSR count). The third-order valence-electron chi connectivity index (χ3n) is 2.60. The molecule has 0 aliphatic heterocycles. The standard InChI is InChI=1S/C16H22O4/c1-11(2)9-20-15(17)10-19-14-7-5-13(6-8-14)16(18)12(3)4/h5-8,11-12H,9-10H2,1-4H3. The zero-order chi connectivity index (χ0) is 15.1. The van der Waals surface area contributed by atoms with E-state index in [0.29, 0.717) is 23.8 Å². The summed E-state index contributed by atoms with van der Waals surface area (Å²) in [5.74, 6) is 0.522. The lowest BCUT2D eigenvalue weighted by molar-refractivity contribution is -0.147. The molecule has 0 atom stereocenters. The average molecular weight is 278 g/mol. The lowest BCUT2D eigenvalue weighted by atomic mass is 10.0. The molecule has 0 spiro atoms. The van der Waals surface area contributed by atoms with Gasteiger partial charge < -0.3 is 9.47 Å². The van der Waals surface area contributed by atoms with Gasteiger partial charge in [0.15, 0.2) is 12.4 Å². The molecule has 0 N–H and O–H groups in total. The van der Waals surface area contributed by atoms with Gasteiger partial charge in [0.2, 0.25) is 0 Å². The van der Waals surface area contributed by atoms with E-state index in [0.717, 1.165) is 0 Å². The molecule has 0 radical (unpaired) electrons. The van der Waals surface area contributed by atoms with Gasteiger partial charge in [0.25, 0.3) is 0 Å². The average Bonchev–Trinajstić information content (AvgIpc) is 2.42. The van der Waals surface area contributed by atoms with Crippen LogP contribution in [0.2, 0.25) is 0 Å². The Kier molecular flexibility index (Phi) is 6.22. The predicted octanol–water partition coefficient (Wildman–Crippen LogP) is 3.10. The summed E-state index contributed by atoms with van der Waals surface area (Å²) >= 11 is 0. The molecule has 110 valence electrons. The summed E-state index contributed by atoms with van der Waals surface area (Å²) in [7, 11) is 0. The third kappa shape index (κ3) is 5.43. The van der Waals surface area contributed by atoms with E-state index >= 15 is 0 Å². The van der Waals surface area contributed by atoms with E-state index in [1.165, 1.54) is 0 Å². The van der Waals surface area contributed by atoms with E-state index in [1.807, 2.05) is 27.7 Å². The lowest BCUT2D eigenvalue weighted by Crippen LogP contribution is -2.17. The van der Waals surface area contributed by atoms with Crippen LogP contribution in [0.15, 0.2) is 24.3 Å². The quantitative estimate of drug-likeness (QED) is 0.568. The molecule has 1 aromatic rings. The molecule has 1 aromatic carbocycles. The van der Waals surface area contributed by atoms with Crippen LogP contribution in [0, 0.1) is 11.8 Å². The van der Waals surface area contributed by atoms with Gasteiger partial charge in [-0.15, -0.1) is 0 Å². The lowest BCUT2D eigenvalue weighted by Gasteiger charge is -2.09. The molecule has 0 fully saturated rings. The van der Waals surface area contributed by atoms with Gasteiger partial charge in [-0.05, 0) is 30.2 Å². The summed E-state index contributed by atoms with van der Waals surface area (Å²) < 4.78 is 10.3. The Balaban J connectivity index is 2.46. The van der Waals surface area contributed by atoms with Crippen molar-refractivity contribution in [3.63, 3.8) is 0 Å². The second kappa shape index (κ2) is 7.68. The Hall–Kier alpha value is -1.84. The number of ketones is 1. The first kappa shape index (κ1) is 16.2. The van der Waals surface area contributed by atoms with E-state index in [9.17, 15) is 9.59 Å². The summed E-state index contributed by atoms with van der Waals surface area (Å²) in [4.78, 5) is 23.1. The molecular weight excluding hydrogens is 256 g/mol. The monoisotopic (exact) mass is 278 g/mol. The Morgan fingerprint density at radius 3 is 2.15 bits per heavy atom. The molecule has 0 aliphatic carbocycles. The minimum Gasteiger partial charge on any atom is -0.482 e. The molecule has 0 aliphatic rings. The summed E-state index contributed by atoms with van der Waals surface area (Å²) in [5.41, 5.74) is 0.648. The highest BCUT2D eigenvalue weighted by Gasteiger charge is 2.10. The van der Waals surface area contributed by atoms with Gasteiger partial charge in [-0.1, -0.05) is 27.7 Å². The number of hydrogen-bond donors (Lipinski definition) is 0. The highest BCUT2D eigenvalue weighted by molar-refractivity contribution is 5.97. The zero-order valence-electron chi connectivity index (χ0n) is 12.5. The molecule has 0 heterocycles. The molecule has 20 heavy (non-hydrogen) atoms. The van der Waals surface area contributed by atoms with Crippen LogP contribution in [0.5, 0.6) is 5.75 Å². The topological polar surface area (TPSA) is 52.6 Å². The predicted molar refractivity (Wildman–Crippen MR) is 76.9 cm³/mol. The van der Waals surface area contributed by atoms with Crippen LogP contribution in [-0.2, 0) is 9.53 Å². The summed E-state index contributed by atoms with van der Waals surface area (Å²) in [6, 6.07) is 6.78. The Bertz CT molecular complexity index is 446. The molecule has 0 unspecified atom stereocenters. The molecule has 0 bridgehead atoms. The number of carbonyl (C=O) groups excluding carboxylic acids is 2. The normalized spacial score (nSPS) is 10.7. The first-order chi connectivity index (χ1) is 9.40. The molecule has 4 heteroatoms. The van der Waals surface area contributed by atoms with Crippen LogP contribution >= 0.6 is 0 Å². The fourth-order valence-electron chi connectivity index (χ4n) is 1.49. The smallest absolute Gasteiger partial charge is 0.344 e. The maximum Gasteiger partial charge on any atom is 0.344 e. The number of benzene rings is 1. The Morgan fingerprint density at radius 1 is 1.05 bits per heavy atom. The van der Waals surface area contributed by atoms with Gasteiger partial charge in [-0.25, -0.2) is 4.79 Å². The summed E-state index contributed by atoms with van der Waals surface area (Å²) in [6.45, 7) is 7.93. The molecule has 0 amide bonds. The van der Waals surface area contributed by atoms with Gasteiger partial charge >= 0.3 is 5.97 Å². The Morgan fingerprint density at radius 2 is 1.65 bits per heavy atom. The minimum absolute atomic E-state index is 0.0345. The first-order valence-corrected chi connectivity index (χ1v) is 6.83. The maximum atomic E-state index is 11.8. The molecule has 0 saturated heterocycles. The molecule has 0 aromatic heterocycles.